The van der Waals surface area contributed by atoms with Crippen molar-refractivity contribution in [2.24, 2.45) is 0 Å². The van der Waals surface area contributed by atoms with Crippen molar-refractivity contribution in [3.05, 3.63) is 68.7 Å². The van der Waals surface area contributed by atoms with Crippen molar-refractivity contribution in [3.8, 4) is 5.75 Å². The normalized spacial score (nSPS) is 11.3. The molecule has 0 unspecified atom stereocenters. The van der Waals surface area contributed by atoms with Crippen molar-refractivity contribution < 1.29 is 18.4 Å². The molecule has 0 saturated heterocycles. The number of ether oxygens (including phenoxy) is 1. The van der Waals surface area contributed by atoms with E-state index in [1.165, 1.54) is 18.2 Å². The summed E-state index contributed by atoms with van der Waals surface area (Å²) in [5.41, 5.74) is -0.960. The molecule has 0 radical (unpaired) electrons. The van der Waals surface area contributed by atoms with E-state index >= 15 is 0 Å². The molecule has 0 aromatic heterocycles. The molecule has 7 heteroatoms. The van der Waals surface area contributed by atoms with E-state index in [2.05, 4.69) is 0 Å². The second kappa shape index (κ2) is 5.88. The zero-order valence-electron chi connectivity index (χ0n) is 11.8. The van der Waals surface area contributed by atoms with E-state index in [0.29, 0.717) is 5.56 Å². The van der Waals surface area contributed by atoms with Crippen LogP contribution in [0.3, 0.4) is 0 Å². The van der Waals surface area contributed by atoms with Crippen LogP contribution >= 0.6 is 11.6 Å². The summed E-state index contributed by atoms with van der Waals surface area (Å²) in [7, 11) is 0. The SMILES string of the molecule is CC(C)(Oc1ccc([N+](=O)[O-])cc1F)c1ccc(F)cc1Cl. The Kier molecular flexibility index (Phi) is 4.32. The van der Waals surface area contributed by atoms with Crippen molar-refractivity contribution >= 4 is 17.3 Å². The first kappa shape index (κ1) is 16.2. The maximum absolute atomic E-state index is 13.9. The Hall–Kier alpha value is -2.21. The number of hydrogen-bond acceptors (Lipinski definition) is 3. The molecule has 2 rings (SSSR count). The molecule has 0 heterocycles. The van der Waals surface area contributed by atoms with Gasteiger partial charge in [0.1, 0.15) is 11.4 Å². The Morgan fingerprint density at radius 1 is 1.18 bits per heavy atom. The van der Waals surface area contributed by atoms with Crippen LogP contribution in [0.25, 0.3) is 0 Å². The van der Waals surface area contributed by atoms with Gasteiger partial charge in [-0.3, -0.25) is 10.1 Å². The van der Waals surface area contributed by atoms with Crippen molar-refractivity contribution in [1.82, 2.24) is 0 Å². The maximum atomic E-state index is 13.9. The lowest BCUT2D eigenvalue weighted by Gasteiger charge is -2.28. The summed E-state index contributed by atoms with van der Waals surface area (Å²) in [6.07, 6.45) is 0. The number of hydrogen-bond donors (Lipinski definition) is 0. The molecule has 0 fully saturated rings. The highest BCUT2D eigenvalue weighted by Crippen LogP contribution is 2.34. The van der Waals surface area contributed by atoms with Crippen molar-refractivity contribution in [3.63, 3.8) is 0 Å². The van der Waals surface area contributed by atoms with E-state index in [-0.39, 0.29) is 16.5 Å². The molecule has 0 aliphatic heterocycles. The van der Waals surface area contributed by atoms with Gasteiger partial charge in [0.05, 0.1) is 16.0 Å². The van der Waals surface area contributed by atoms with Gasteiger partial charge in [0, 0.05) is 11.6 Å². The van der Waals surface area contributed by atoms with E-state index in [1.54, 1.807) is 13.8 Å². The van der Waals surface area contributed by atoms with E-state index < -0.39 is 22.2 Å². The highest BCUT2D eigenvalue weighted by molar-refractivity contribution is 6.31. The zero-order chi connectivity index (χ0) is 16.5. The summed E-state index contributed by atoms with van der Waals surface area (Å²) >= 11 is 5.98. The van der Waals surface area contributed by atoms with Gasteiger partial charge in [0.2, 0.25) is 0 Å². The summed E-state index contributed by atoms with van der Waals surface area (Å²) < 4.78 is 32.6. The molecule has 0 N–H and O–H groups in total. The molecule has 4 nitrogen and oxygen atoms in total. The Morgan fingerprint density at radius 3 is 2.41 bits per heavy atom. The smallest absolute Gasteiger partial charge is 0.272 e. The first-order chi connectivity index (χ1) is 10.2. The van der Waals surface area contributed by atoms with Gasteiger partial charge in [-0.05, 0) is 32.0 Å². The number of nitro groups is 1. The molecular formula is C15H12ClF2NO3. The summed E-state index contributed by atoms with van der Waals surface area (Å²) in [6, 6.07) is 6.89. The topological polar surface area (TPSA) is 52.4 Å². The Bertz CT molecular complexity index is 735. The number of non-ortho nitro benzene ring substituents is 1. The molecule has 0 saturated carbocycles. The molecular weight excluding hydrogens is 316 g/mol. The molecule has 2 aromatic rings. The van der Waals surface area contributed by atoms with Gasteiger partial charge in [-0.2, -0.15) is 0 Å². The lowest BCUT2D eigenvalue weighted by molar-refractivity contribution is -0.385. The second-order valence-electron chi connectivity index (χ2n) is 5.11. The fourth-order valence-electron chi connectivity index (χ4n) is 1.99. The fraction of sp³-hybridized carbons (Fsp3) is 0.200. The van der Waals surface area contributed by atoms with Gasteiger partial charge in [-0.1, -0.05) is 17.7 Å². The standard InChI is InChI=1S/C15H12ClF2NO3/c1-15(2,11-5-3-9(17)7-12(11)16)22-14-6-4-10(19(20)21)8-13(14)18/h3-8H,1-2H3. The lowest BCUT2D eigenvalue weighted by atomic mass is 9.97. The predicted molar refractivity (Wildman–Crippen MR) is 78.1 cm³/mol. The number of halogens is 3. The van der Waals surface area contributed by atoms with Crippen molar-refractivity contribution in [1.29, 1.82) is 0 Å². The van der Waals surface area contributed by atoms with Gasteiger partial charge < -0.3 is 4.74 Å². The third-order valence-electron chi connectivity index (χ3n) is 3.07. The highest BCUT2D eigenvalue weighted by Gasteiger charge is 2.27. The Balaban J connectivity index is 2.34. The van der Waals surface area contributed by atoms with Crippen LogP contribution in [0.15, 0.2) is 36.4 Å². The molecule has 0 amide bonds. The molecule has 0 aliphatic carbocycles. The van der Waals surface area contributed by atoms with Crippen LogP contribution in [0.1, 0.15) is 19.4 Å². The quantitative estimate of drug-likeness (QED) is 0.596. The largest absolute Gasteiger partial charge is 0.480 e. The Labute approximate surface area is 130 Å². The van der Waals surface area contributed by atoms with E-state index in [4.69, 9.17) is 16.3 Å². The third kappa shape index (κ3) is 3.33. The molecule has 0 atom stereocenters. The van der Waals surface area contributed by atoms with E-state index in [0.717, 1.165) is 18.2 Å². The minimum Gasteiger partial charge on any atom is -0.480 e. The molecule has 0 aliphatic rings. The average molecular weight is 328 g/mol. The summed E-state index contributed by atoms with van der Waals surface area (Å²) in [6.45, 7) is 3.26. The van der Waals surface area contributed by atoms with Crippen LogP contribution in [0.4, 0.5) is 14.5 Å². The first-order valence-electron chi connectivity index (χ1n) is 6.29. The monoisotopic (exact) mass is 327 g/mol. The van der Waals surface area contributed by atoms with Gasteiger partial charge in [-0.15, -0.1) is 0 Å². The summed E-state index contributed by atoms with van der Waals surface area (Å²) in [5.74, 6) is -1.51. The van der Waals surface area contributed by atoms with Crippen LogP contribution in [0.2, 0.25) is 5.02 Å². The number of benzene rings is 2. The van der Waals surface area contributed by atoms with Crippen LogP contribution in [-0.4, -0.2) is 4.92 Å². The van der Waals surface area contributed by atoms with Gasteiger partial charge in [0.25, 0.3) is 5.69 Å². The molecule has 22 heavy (non-hydrogen) atoms. The molecule has 0 bridgehead atoms. The van der Waals surface area contributed by atoms with Crippen molar-refractivity contribution in [2.45, 2.75) is 19.4 Å². The van der Waals surface area contributed by atoms with E-state index in [9.17, 15) is 18.9 Å². The highest BCUT2D eigenvalue weighted by atomic mass is 35.5. The minimum absolute atomic E-state index is 0.146. The van der Waals surface area contributed by atoms with E-state index in [1.807, 2.05) is 0 Å². The number of nitrogens with zero attached hydrogens (tertiary/aromatic N) is 1. The first-order valence-corrected chi connectivity index (χ1v) is 6.67. The number of nitro benzene ring substituents is 1. The zero-order valence-corrected chi connectivity index (χ0v) is 12.5. The van der Waals surface area contributed by atoms with Crippen LogP contribution < -0.4 is 4.74 Å². The van der Waals surface area contributed by atoms with Gasteiger partial charge >= 0.3 is 0 Å². The molecule has 0 spiro atoms. The Morgan fingerprint density at radius 2 is 1.86 bits per heavy atom. The minimum atomic E-state index is -1.05. The lowest BCUT2D eigenvalue weighted by Crippen LogP contribution is -2.26. The number of rotatable bonds is 4. The molecule has 116 valence electrons. The van der Waals surface area contributed by atoms with Gasteiger partial charge in [-0.25, -0.2) is 8.78 Å². The third-order valence-corrected chi connectivity index (χ3v) is 3.38. The van der Waals surface area contributed by atoms with Gasteiger partial charge in [0.15, 0.2) is 11.6 Å². The second-order valence-corrected chi connectivity index (χ2v) is 5.52. The van der Waals surface area contributed by atoms with Crippen LogP contribution in [-0.2, 0) is 5.60 Å². The van der Waals surface area contributed by atoms with Crippen molar-refractivity contribution in [2.75, 3.05) is 0 Å². The molecule has 2 aromatic carbocycles. The van der Waals surface area contributed by atoms with Crippen LogP contribution in [0, 0.1) is 21.7 Å². The maximum Gasteiger partial charge on any atom is 0.272 e. The van der Waals surface area contributed by atoms with Crippen LogP contribution in [0.5, 0.6) is 5.75 Å². The predicted octanol–water partition coefficient (Wildman–Crippen LogP) is 4.84. The fourth-order valence-corrected chi connectivity index (χ4v) is 2.39. The summed E-state index contributed by atoms with van der Waals surface area (Å²) in [5, 5.41) is 10.7. The summed E-state index contributed by atoms with van der Waals surface area (Å²) in [4.78, 5) is 9.89. The average Bonchev–Trinajstić information content (AvgIpc) is 2.40.